The van der Waals surface area contributed by atoms with Gasteiger partial charge < -0.3 is 10.6 Å². The highest BCUT2D eigenvalue weighted by Crippen LogP contribution is 2.34. The Hall–Kier alpha value is -3.66. The molecule has 28 heavy (non-hydrogen) atoms. The molecule has 1 aromatic carbocycles. The Labute approximate surface area is 160 Å². The minimum Gasteiger partial charge on any atom is -0.387 e. The van der Waals surface area contributed by atoms with Crippen LogP contribution in [-0.4, -0.2) is 28.8 Å². The van der Waals surface area contributed by atoms with Crippen LogP contribution in [0.25, 0.3) is 11.0 Å². The lowest BCUT2D eigenvalue weighted by molar-refractivity contribution is -0.384. The quantitative estimate of drug-likeness (QED) is 0.502. The molecule has 1 aliphatic rings. The average Bonchev–Trinajstić information content (AvgIpc) is 3.15. The van der Waals surface area contributed by atoms with E-state index in [1.807, 2.05) is 6.08 Å². The van der Waals surface area contributed by atoms with Crippen LogP contribution in [0.1, 0.15) is 0 Å². The molecule has 2 N–H and O–H groups in total. The number of dihydropyridines is 1. The van der Waals surface area contributed by atoms with Crippen molar-refractivity contribution in [1.29, 1.82) is 0 Å². The molecule has 10 heteroatoms. The van der Waals surface area contributed by atoms with Crippen molar-refractivity contribution in [2.75, 3.05) is 11.9 Å². The van der Waals surface area contributed by atoms with E-state index in [2.05, 4.69) is 15.6 Å². The Morgan fingerprint density at radius 2 is 2.00 bits per heavy atom. The molecule has 9 nitrogen and oxygen atoms in total. The van der Waals surface area contributed by atoms with Gasteiger partial charge in [0.15, 0.2) is 5.65 Å². The van der Waals surface area contributed by atoms with Crippen LogP contribution < -0.4 is 10.6 Å². The Morgan fingerprint density at radius 1 is 1.21 bits per heavy atom. The minimum absolute atomic E-state index is 0.103. The molecular formula is C18H15N5O4S. The fourth-order valence-corrected chi connectivity index (χ4v) is 4.24. The Bertz CT molecular complexity index is 1230. The molecule has 2 aromatic heterocycles. The highest BCUT2D eigenvalue weighted by Gasteiger charge is 2.25. The van der Waals surface area contributed by atoms with Gasteiger partial charge in [0.05, 0.1) is 15.2 Å². The van der Waals surface area contributed by atoms with Gasteiger partial charge in [-0.3, -0.25) is 10.1 Å². The third kappa shape index (κ3) is 2.99. The van der Waals surface area contributed by atoms with Crippen LogP contribution in [-0.2, 0) is 10.0 Å². The van der Waals surface area contributed by atoms with E-state index in [-0.39, 0.29) is 21.9 Å². The van der Waals surface area contributed by atoms with E-state index in [9.17, 15) is 18.5 Å². The number of pyridine rings is 1. The number of fused-ring (bicyclic) bond motifs is 1. The summed E-state index contributed by atoms with van der Waals surface area (Å²) < 4.78 is 27.0. The van der Waals surface area contributed by atoms with Crippen molar-refractivity contribution in [3.05, 3.63) is 83.0 Å². The van der Waals surface area contributed by atoms with Crippen LogP contribution in [0.15, 0.2) is 77.7 Å². The maximum atomic E-state index is 13.0. The summed E-state index contributed by atoms with van der Waals surface area (Å²) >= 11 is 0. The highest BCUT2D eigenvalue weighted by molar-refractivity contribution is 7.90. The molecule has 3 heterocycles. The van der Waals surface area contributed by atoms with Gasteiger partial charge in [0.2, 0.25) is 0 Å². The fraction of sp³-hybridized carbons (Fsp3) is 0.0556. The first-order chi connectivity index (χ1) is 13.5. The van der Waals surface area contributed by atoms with E-state index in [0.29, 0.717) is 17.6 Å². The normalized spacial score (nSPS) is 13.8. The maximum Gasteiger partial charge on any atom is 0.311 e. The van der Waals surface area contributed by atoms with Gasteiger partial charge in [0.25, 0.3) is 10.0 Å². The lowest BCUT2D eigenvalue weighted by Crippen LogP contribution is -2.14. The van der Waals surface area contributed by atoms with E-state index >= 15 is 0 Å². The molecule has 0 saturated carbocycles. The van der Waals surface area contributed by atoms with Crippen LogP contribution in [0.2, 0.25) is 0 Å². The number of aromatic nitrogens is 2. The van der Waals surface area contributed by atoms with E-state index in [1.165, 1.54) is 24.4 Å². The summed E-state index contributed by atoms with van der Waals surface area (Å²) in [5.74, 6) is 0. The molecule has 3 aromatic rings. The van der Waals surface area contributed by atoms with Crippen LogP contribution in [0.5, 0.6) is 0 Å². The standard InChI is InChI=1S/C18H15N5O4S/c24-23(25)16-12-20-18-15(17(16)21-13-6-9-19-10-7-13)8-11-22(18)28(26,27)14-4-2-1-3-5-14/h1-9,11-12,19H,10H2,(H,20,21). The lowest BCUT2D eigenvalue weighted by Gasteiger charge is -2.13. The van der Waals surface area contributed by atoms with Gasteiger partial charge >= 0.3 is 5.69 Å². The zero-order chi connectivity index (χ0) is 19.7. The van der Waals surface area contributed by atoms with Crippen LogP contribution in [0.3, 0.4) is 0 Å². The third-order valence-electron chi connectivity index (χ3n) is 4.25. The second-order valence-corrected chi connectivity index (χ2v) is 7.78. The summed E-state index contributed by atoms with van der Waals surface area (Å²) in [5.41, 5.74) is 0.716. The van der Waals surface area contributed by atoms with Crippen molar-refractivity contribution < 1.29 is 13.3 Å². The zero-order valence-electron chi connectivity index (χ0n) is 14.4. The van der Waals surface area contributed by atoms with Gasteiger partial charge in [-0.25, -0.2) is 17.4 Å². The van der Waals surface area contributed by atoms with Gasteiger partial charge in [-0.05, 0) is 36.6 Å². The van der Waals surface area contributed by atoms with E-state index in [0.717, 1.165) is 10.2 Å². The summed E-state index contributed by atoms with van der Waals surface area (Å²) in [4.78, 5) is 15.1. The van der Waals surface area contributed by atoms with Crippen LogP contribution >= 0.6 is 0 Å². The second kappa shape index (κ2) is 6.82. The Morgan fingerprint density at radius 3 is 2.68 bits per heavy atom. The van der Waals surface area contributed by atoms with Crippen molar-refractivity contribution in [1.82, 2.24) is 14.3 Å². The highest BCUT2D eigenvalue weighted by atomic mass is 32.2. The molecule has 0 unspecified atom stereocenters. The summed E-state index contributed by atoms with van der Waals surface area (Å²) in [5, 5.41) is 17.8. The molecule has 0 bridgehead atoms. The van der Waals surface area contributed by atoms with Crippen LogP contribution in [0, 0.1) is 10.1 Å². The van der Waals surface area contributed by atoms with E-state index < -0.39 is 14.9 Å². The summed E-state index contributed by atoms with van der Waals surface area (Å²) in [6.07, 6.45) is 7.69. The lowest BCUT2D eigenvalue weighted by atomic mass is 10.2. The fourth-order valence-electron chi connectivity index (χ4n) is 2.91. The number of nitro groups is 1. The van der Waals surface area contributed by atoms with Gasteiger partial charge in [-0.2, -0.15) is 0 Å². The van der Waals surface area contributed by atoms with Crippen molar-refractivity contribution in [3.63, 3.8) is 0 Å². The summed E-state index contributed by atoms with van der Waals surface area (Å²) in [6, 6.07) is 9.44. The molecule has 0 fully saturated rings. The molecule has 142 valence electrons. The molecule has 1 aliphatic heterocycles. The van der Waals surface area contributed by atoms with Gasteiger partial charge in [0.1, 0.15) is 11.9 Å². The minimum atomic E-state index is -3.89. The van der Waals surface area contributed by atoms with E-state index in [1.54, 1.807) is 30.5 Å². The van der Waals surface area contributed by atoms with Crippen LogP contribution in [0.4, 0.5) is 11.4 Å². The average molecular weight is 397 g/mol. The van der Waals surface area contributed by atoms with Crippen molar-refractivity contribution in [2.45, 2.75) is 4.90 Å². The molecule has 0 radical (unpaired) electrons. The SMILES string of the molecule is O=[N+]([O-])c1cnc2c(ccn2S(=O)(=O)c2ccccc2)c1NC1=CCNC=C1. The number of rotatable bonds is 5. The molecule has 0 saturated heterocycles. The first-order valence-corrected chi connectivity index (χ1v) is 9.74. The smallest absolute Gasteiger partial charge is 0.311 e. The first kappa shape index (κ1) is 17.7. The van der Waals surface area contributed by atoms with Crippen molar-refractivity contribution in [3.8, 4) is 0 Å². The zero-order valence-corrected chi connectivity index (χ0v) is 15.3. The number of nitrogens with zero attached hydrogens (tertiary/aromatic N) is 3. The number of nitrogens with one attached hydrogen (secondary N) is 2. The van der Waals surface area contributed by atoms with Crippen molar-refractivity contribution >= 4 is 32.4 Å². The summed E-state index contributed by atoms with van der Waals surface area (Å²) in [7, 11) is -3.89. The van der Waals surface area contributed by atoms with Gasteiger partial charge in [0, 0.05) is 18.4 Å². The van der Waals surface area contributed by atoms with Crippen molar-refractivity contribution in [2.24, 2.45) is 0 Å². The Balaban J connectivity index is 1.89. The maximum absolute atomic E-state index is 13.0. The first-order valence-electron chi connectivity index (χ1n) is 8.30. The number of hydrogen-bond donors (Lipinski definition) is 2. The van der Waals surface area contributed by atoms with Gasteiger partial charge in [-0.15, -0.1) is 0 Å². The number of allylic oxidation sites excluding steroid dienone is 1. The van der Waals surface area contributed by atoms with Gasteiger partial charge in [-0.1, -0.05) is 18.2 Å². The summed E-state index contributed by atoms with van der Waals surface area (Å²) in [6.45, 7) is 0.574. The monoisotopic (exact) mass is 397 g/mol. The molecule has 0 amide bonds. The third-order valence-corrected chi connectivity index (χ3v) is 5.93. The molecule has 0 atom stereocenters. The number of benzene rings is 1. The predicted octanol–water partition coefficient (Wildman–Crippen LogP) is 2.59. The molecule has 0 spiro atoms. The number of anilines is 1. The van der Waals surface area contributed by atoms with E-state index in [4.69, 9.17) is 0 Å². The predicted molar refractivity (Wildman–Crippen MR) is 104 cm³/mol. The molecule has 4 rings (SSSR count). The Kier molecular flexibility index (Phi) is 4.32. The molecular weight excluding hydrogens is 382 g/mol. The largest absolute Gasteiger partial charge is 0.387 e. The molecule has 0 aliphatic carbocycles. The topological polar surface area (TPSA) is 119 Å². The number of hydrogen-bond acceptors (Lipinski definition) is 7. The second-order valence-electron chi connectivity index (χ2n) is 5.97.